The van der Waals surface area contributed by atoms with Gasteiger partial charge in [-0.05, 0) is 25.7 Å². The minimum Gasteiger partial charge on any atom is -0.321 e. The molecule has 4 nitrogen and oxygen atoms in total. The topological polar surface area (TPSA) is 60.4 Å². The van der Waals surface area contributed by atoms with Gasteiger partial charge in [0.1, 0.15) is 13.5 Å². The lowest BCUT2D eigenvalue weighted by Gasteiger charge is -2.27. The van der Waals surface area contributed by atoms with Crippen molar-refractivity contribution in [2.45, 2.75) is 37.7 Å². The molecular weight excluding hydrogens is 283 g/mol. The lowest BCUT2D eigenvalue weighted by Crippen LogP contribution is -2.19. The summed E-state index contributed by atoms with van der Waals surface area (Å²) in [7, 11) is -6.55. The van der Waals surface area contributed by atoms with E-state index in [-0.39, 0.29) is 11.2 Å². The van der Waals surface area contributed by atoms with E-state index in [0.717, 1.165) is 5.56 Å². The molecule has 0 spiro atoms. The number of hydrogen-bond donors (Lipinski definition) is 0. The molecule has 0 unspecified atom stereocenters. The van der Waals surface area contributed by atoms with Crippen LogP contribution in [0, 0.1) is 6.92 Å². The van der Waals surface area contributed by atoms with Crippen LogP contribution in [0.5, 0.6) is 0 Å². The van der Waals surface area contributed by atoms with Crippen molar-refractivity contribution < 1.29 is 17.2 Å². The maximum atomic E-state index is 12.4. The molecule has 0 amide bonds. The van der Waals surface area contributed by atoms with E-state index in [1.54, 1.807) is 18.8 Å². The first-order valence-corrected chi connectivity index (χ1v) is 9.73. The van der Waals surface area contributed by atoms with E-state index in [1.807, 2.05) is 27.7 Å². The van der Waals surface area contributed by atoms with E-state index in [4.69, 9.17) is 4.18 Å². The maximum Gasteiger partial charge on any atom is 0.297 e. The molecule has 0 saturated carbocycles. The van der Waals surface area contributed by atoms with Gasteiger partial charge in [0.2, 0.25) is 0 Å². The Morgan fingerprint density at radius 1 is 1.16 bits per heavy atom. The molecule has 0 saturated heterocycles. The molecule has 1 aromatic carbocycles. The summed E-state index contributed by atoms with van der Waals surface area (Å²) in [6.07, 6.45) is -0.271. The van der Waals surface area contributed by atoms with Gasteiger partial charge >= 0.3 is 0 Å². The maximum absolute atomic E-state index is 12.4. The van der Waals surface area contributed by atoms with Crippen molar-refractivity contribution in [3.63, 3.8) is 0 Å². The molecule has 1 aromatic rings. The van der Waals surface area contributed by atoms with Crippen LogP contribution in [-0.4, -0.2) is 26.6 Å². The summed E-state index contributed by atoms with van der Waals surface area (Å²) in [5, 5.41) is -0.476. The van der Waals surface area contributed by atoms with Gasteiger partial charge in [-0.15, -0.1) is 0 Å². The number of benzene rings is 1. The minimum atomic E-state index is -3.84. The molecule has 0 aliphatic carbocycles. The second-order valence-electron chi connectivity index (χ2n) is 5.79. The predicted octanol–water partition coefficient (Wildman–Crippen LogP) is 3.45. The molecule has 0 bridgehead atoms. The molecule has 1 rings (SSSR count). The summed E-state index contributed by atoms with van der Waals surface area (Å²) in [6, 6.07) is 6.38. The quantitative estimate of drug-likeness (QED) is 0.631. The Labute approximate surface area is 115 Å². The fourth-order valence-corrected chi connectivity index (χ4v) is 3.49. The Hall–Kier alpha value is -0.640. The van der Waals surface area contributed by atoms with E-state index >= 15 is 0 Å². The molecule has 1 atom stereocenters. The van der Waals surface area contributed by atoms with Crippen molar-refractivity contribution in [1.29, 1.82) is 0 Å². The smallest absolute Gasteiger partial charge is 0.297 e. The van der Waals surface area contributed by atoms with Crippen molar-refractivity contribution >= 4 is 17.3 Å². The van der Waals surface area contributed by atoms with Crippen LogP contribution in [-0.2, 0) is 18.9 Å². The highest BCUT2D eigenvalue weighted by Gasteiger charge is 2.33. The molecule has 0 radical (unpaired) electrons. The first-order valence-electron chi connectivity index (χ1n) is 5.98. The lowest BCUT2D eigenvalue weighted by atomic mass is 10.2. The van der Waals surface area contributed by atoms with E-state index in [9.17, 15) is 13.0 Å². The molecule has 0 N–H and O–H groups in total. The van der Waals surface area contributed by atoms with Crippen LogP contribution in [0.15, 0.2) is 29.2 Å². The minimum absolute atomic E-state index is 0.0898. The second-order valence-corrected chi connectivity index (χ2v) is 11.2. The monoisotopic (exact) mass is 304 g/mol. The molecular formula is C13H21O4PS. The van der Waals surface area contributed by atoms with Crippen LogP contribution in [0.3, 0.4) is 0 Å². The van der Waals surface area contributed by atoms with Crippen LogP contribution in [0.4, 0.5) is 0 Å². The van der Waals surface area contributed by atoms with Gasteiger partial charge in [0.05, 0.1) is 4.90 Å². The molecule has 0 heterocycles. The van der Waals surface area contributed by atoms with Gasteiger partial charge in [0.25, 0.3) is 10.1 Å². The van der Waals surface area contributed by atoms with Crippen molar-refractivity contribution in [2.75, 3.05) is 13.0 Å². The van der Waals surface area contributed by atoms with Gasteiger partial charge in [-0.3, -0.25) is 4.18 Å². The van der Waals surface area contributed by atoms with Crippen LogP contribution >= 0.6 is 7.14 Å². The third kappa shape index (κ3) is 4.16. The van der Waals surface area contributed by atoms with Gasteiger partial charge < -0.3 is 4.57 Å². The van der Waals surface area contributed by atoms with Gasteiger partial charge in [-0.2, -0.15) is 8.42 Å². The van der Waals surface area contributed by atoms with E-state index < -0.39 is 22.4 Å². The fraction of sp³-hybridized carbons (Fsp3) is 0.538. The van der Waals surface area contributed by atoms with E-state index in [1.165, 1.54) is 12.1 Å². The third-order valence-corrected chi connectivity index (χ3v) is 8.10. The summed E-state index contributed by atoms with van der Waals surface area (Å²) in [5.74, 6) is 0. The Morgan fingerprint density at radius 2 is 1.63 bits per heavy atom. The molecule has 0 aliphatic heterocycles. The molecule has 6 heteroatoms. The Balaban J connectivity index is 2.88. The molecule has 108 valence electrons. The van der Waals surface area contributed by atoms with Gasteiger partial charge in [-0.1, -0.05) is 38.5 Å². The molecule has 19 heavy (non-hydrogen) atoms. The van der Waals surface area contributed by atoms with Gasteiger partial charge in [-0.25, -0.2) is 0 Å². The number of hydrogen-bond acceptors (Lipinski definition) is 4. The van der Waals surface area contributed by atoms with Crippen LogP contribution in [0.1, 0.15) is 26.3 Å². The summed E-state index contributed by atoms with van der Waals surface area (Å²) in [5.41, 5.74) is 0.967. The number of aryl methyl sites for hydroxylation is 1. The molecule has 0 fully saturated rings. The van der Waals surface area contributed by atoms with E-state index in [0.29, 0.717) is 0 Å². The second kappa shape index (κ2) is 5.39. The van der Waals surface area contributed by atoms with Crippen molar-refractivity contribution in [1.82, 2.24) is 0 Å². The highest BCUT2D eigenvalue weighted by molar-refractivity contribution is 7.87. The third-order valence-electron chi connectivity index (χ3n) is 3.18. The lowest BCUT2D eigenvalue weighted by molar-refractivity contribution is 0.364. The summed E-state index contributed by atoms with van der Waals surface area (Å²) in [6.45, 7) is 8.88. The first kappa shape index (κ1) is 16.4. The van der Waals surface area contributed by atoms with Crippen LogP contribution in [0.25, 0.3) is 0 Å². The Bertz CT molecular complexity index is 582. The van der Waals surface area contributed by atoms with E-state index in [2.05, 4.69) is 0 Å². The highest BCUT2D eigenvalue weighted by atomic mass is 32.2. The van der Waals surface area contributed by atoms with Crippen molar-refractivity contribution in [3.8, 4) is 0 Å². The predicted molar refractivity (Wildman–Crippen MR) is 77.6 cm³/mol. The molecule has 0 aromatic heterocycles. The Morgan fingerprint density at radius 3 is 2.05 bits per heavy atom. The highest BCUT2D eigenvalue weighted by Crippen LogP contribution is 2.54. The summed E-state index contributed by atoms with van der Waals surface area (Å²) in [4.78, 5) is 0.0898. The zero-order chi connectivity index (χ0) is 14.9. The average molecular weight is 304 g/mol. The Kier molecular flexibility index (Phi) is 4.66. The van der Waals surface area contributed by atoms with Crippen LogP contribution < -0.4 is 0 Å². The molecule has 0 aliphatic rings. The average Bonchev–Trinajstić information content (AvgIpc) is 2.26. The van der Waals surface area contributed by atoms with Gasteiger partial charge in [0.15, 0.2) is 0 Å². The standard InChI is InChI=1S/C13H21O4PS/c1-11-6-8-12(9-7-11)19(15,16)17-10-18(5,14)13(2,3)4/h6-9H,10H2,1-5H3/t18-/m1/s1. The van der Waals surface area contributed by atoms with Gasteiger partial charge in [0, 0.05) is 5.16 Å². The fourth-order valence-electron chi connectivity index (χ4n) is 1.14. The summed E-state index contributed by atoms with van der Waals surface area (Å²) >= 11 is 0. The van der Waals surface area contributed by atoms with Crippen molar-refractivity contribution in [2.24, 2.45) is 0 Å². The summed E-state index contributed by atoms with van der Waals surface area (Å²) < 4.78 is 41.3. The normalized spacial score (nSPS) is 16.1. The SMILES string of the molecule is Cc1ccc(S(=O)(=O)OC[P@@](C)(=O)C(C)(C)C)cc1. The zero-order valence-electron chi connectivity index (χ0n) is 12.0. The van der Waals surface area contributed by atoms with Crippen LogP contribution in [0.2, 0.25) is 0 Å². The first-order chi connectivity index (χ1) is 8.46. The van der Waals surface area contributed by atoms with Crippen molar-refractivity contribution in [3.05, 3.63) is 29.8 Å². The largest absolute Gasteiger partial charge is 0.321 e. The number of rotatable bonds is 4. The zero-order valence-corrected chi connectivity index (χ0v) is 13.7.